The van der Waals surface area contributed by atoms with Crippen LogP contribution < -0.4 is 5.32 Å². The van der Waals surface area contributed by atoms with Crippen LogP contribution >= 0.6 is 0 Å². The molecule has 1 aliphatic heterocycles. The summed E-state index contributed by atoms with van der Waals surface area (Å²) in [4.78, 5) is 0. The molecule has 2 aliphatic rings. The maximum absolute atomic E-state index is 9.49. The van der Waals surface area contributed by atoms with Crippen LogP contribution in [0.5, 0.6) is 0 Å². The number of nitrogens with zero attached hydrogens (tertiary/aromatic N) is 3. The number of nitrogens with one attached hydrogen (secondary N) is 1. The van der Waals surface area contributed by atoms with Gasteiger partial charge in [0, 0.05) is 12.6 Å². The maximum Gasteiger partial charge on any atom is 0.150 e. The zero-order valence-electron chi connectivity index (χ0n) is 8.85. The third kappa shape index (κ3) is 1.55. The topological polar surface area (TPSA) is 63.0 Å². The molecule has 1 aromatic heterocycles. The lowest BCUT2D eigenvalue weighted by Gasteiger charge is -2.12. The molecule has 5 heteroatoms. The van der Waals surface area contributed by atoms with Crippen molar-refractivity contribution < 1.29 is 5.11 Å². The molecular weight excluding hydrogens is 192 g/mol. The summed E-state index contributed by atoms with van der Waals surface area (Å²) in [5.74, 6) is 2.00. The van der Waals surface area contributed by atoms with Crippen molar-refractivity contribution in [1.82, 2.24) is 20.1 Å². The molecule has 1 saturated carbocycles. The smallest absolute Gasteiger partial charge is 0.150 e. The number of aryl methyl sites for hydroxylation is 1. The first-order chi connectivity index (χ1) is 7.25. The summed E-state index contributed by atoms with van der Waals surface area (Å²) in [5, 5.41) is 21.2. The van der Waals surface area contributed by atoms with Crippen LogP contribution in [0, 0.1) is 6.92 Å². The molecule has 2 N–H and O–H groups in total. The molecule has 0 amide bonds. The van der Waals surface area contributed by atoms with E-state index in [-0.39, 0.29) is 12.1 Å². The zero-order valence-corrected chi connectivity index (χ0v) is 8.85. The second-order valence-corrected chi connectivity index (χ2v) is 4.56. The number of β-amino-alcohol motifs (C(OH)–C–C–N with tert-alkyl or cyclic N) is 1. The van der Waals surface area contributed by atoms with Gasteiger partial charge in [-0.25, -0.2) is 0 Å². The predicted octanol–water partition coefficient (Wildman–Crippen LogP) is 0.317. The Bertz CT molecular complexity index is 371. The van der Waals surface area contributed by atoms with Gasteiger partial charge in [-0.2, -0.15) is 0 Å². The number of aliphatic hydroxyl groups is 1. The molecule has 1 aliphatic carbocycles. The van der Waals surface area contributed by atoms with E-state index < -0.39 is 0 Å². The van der Waals surface area contributed by atoms with Crippen LogP contribution in [0.3, 0.4) is 0 Å². The van der Waals surface area contributed by atoms with Crippen molar-refractivity contribution in [3.8, 4) is 0 Å². The SMILES string of the molecule is Cc1nnc([C@@H]2C[C@H](O)CN2)n1C1CC1. The van der Waals surface area contributed by atoms with Crippen molar-refractivity contribution in [3.05, 3.63) is 11.6 Å². The Morgan fingerprint density at radius 2 is 2.20 bits per heavy atom. The molecule has 0 bridgehead atoms. The van der Waals surface area contributed by atoms with Crippen LogP contribution in [0.4, 0.5) is 0 Å². The van der Waals surface area contributed by atoms with Gasteiger partial charge in [-0.3, -0.25) is 0 Å². The van der Waals surface area contributed by atoms with Gasteiger partial charge in [0.2, 0.25) is 0 Å². The normalized spacial score (nSPS) is 31.1. The predicted molar refractivity (Wildman–Crippen MR) is 54.4 cm³/mol. The molecule has 2 heterocycles. The largest absolute Gasteiger partial charge is 0.392 e. The fraction of sp³-hybridized carbons (Fsp3) is 0.800. The minimum atomic E-state index is -0.236. The number of aliphatic hydroxyl groups excluding tert-OH is 1. The Labute approximate surface area is 88.5 Å². The summed E-state index contributed by atoms with van der Waals surface area (Å²) < 4.78 is 2.23. The van der Waals surface area contributed by atoms with E-state index in [4.69, 9.17) is 0 Å². The van der Waals surface area contributed by atoms with Gasteiger partial charge in [0.05, 0.1) is 12.1 Å². The average Bonchev–Trinajstić information content (AvgIpc) is 2.84. The molecule has 0 spiro atoms. The molecule has 3 rings (SSSR count). The number of aromatic nitrogens is 3. The summed E-state index contributed by atoms with van der Waals surface area (Å²) in [7, 11) is 0. The first kappa shape index (κ1) is 9.30. The molecule has 2 atom stereocenters. The third-order valence-corrected chi connectivity index (χ3v) is 3.22. The summed E-state index contributed by atoms with van der Waals surface area (Å²) in [5.41, 5.74) is 0. The highest BCUT2D eigenvalue weighted by Crippen LogP contribution is 2.38. The van der Waals surface area contributed by atoms with Gasteiger partial charge in [-0.05, 0) is 26.2 Å². The van der Waals surface area contributed by atoms with Crippen LogP contribution in [0.2, 0.25) is 0 Å². The lowest BCUT2D eigenvalue weighted by atomic mass is 10.2. The van der Waals surface area contributed by atoms with Crippen molar-refractivity contribution in [2.24, 2.45) is 0 Å². The minimum Gasteiger partial charge on any atom is -0.392 e. The Balaban J connectivity index is 1.90. The Hall–Kier alpha value is -0.940. The van der Waals surface area contributed by atoms with E-state index in [9.17, 15) is 5.11 Å². The highest BCUT2D eigenvalue weighted by Gasteiger charge is 2.33. The monoisotopic (exact) mass is 208 g/mol. The fourth-order valence-corrected chi connectivity index (χ4v) is 2.32. The standard InChI is InChI=1S/C10H16N4O/c1-6-12-13-10(14(6)7-2-3-7)9-4-8(15)5-11-9/h7-9,11,15H,2-5H2,1H3/t8-,9-/m0/s1. The molecule has 0 unspecified atom stereocenters. The van der Waals surface area contributed by atoms with E-state index in [0.717, 1.165) is 18.1 Å². The lowest BCUT2D eigenvalue weighted by Crippen LogP contribution is -2.18. The van der Waals surface area contributed by atoms with E-state index in [2.05, 4.69) is 20.1 Å². The molecule has 1 saturated heterocycles. The number of hydrogen-bond acceptors (Lipinski definition) is 4. The summed E-state index contributed by atoms with van der Waals surface area (Å²) in [6, 6.07) is 0.788. The molecule has 1 aromatic rings. The van der Waals surface area contributed by atoms with Gasteiger partial charge < -0.3 is 15.0 Å². The summed E-state index contributed by atoms with van der Waals surface area (Å²) in [6.07, 6.45) is 2.99. The number of hydrogen-bond donors (Lipinski definition) is 2. The molecule has 0 radical (unpaired) electrons. The molecule has 15 heavy (non-hydrogen) atoms. The van der Waals surface area contributed by atoms with Gasteiger partial charge in [-0.1, -0.05) is 0 Å². The van der Waals surface area contributed by atoms with Crippen LogP contribution in [0.25, 0.3) is 0 Å². The van der Waals surface area contributed by atoms with Crippen molar-refractivity contribution in [3.63, 3.8) is 0 Å². The van der Waals surface area contributed by atoms with E-state index in [1.165, 1.54) is 12.8 Å². The van der Waals surface area contributed by atoms with Crippen molar-refractivity contribution in [2.75, 3.05) is 6.54 Å². The quantitative estimate of drug-likeness (QED) is 0.734. The van der Waals surface area contributed by atoms with Crippen LogP contribution in [0.15, 0.2) is 0 Å². The zero-order chi connectivity index (χ0) is 10.4. The number of rotatable bonds is 2. The molecule has 2 fully saturated rings. The first-order valence-electron chi connectivity index (χ1n) is 5.58. The fourth-order valence-electron chi connectivity index (χ4n) is 2.32. The highest BCUT2D eigenvalue weighted by molar-refractivity contribution is 5.07. The van der Waals surface area contributed by atoms with Gasteiger partial charge >= 0.3 is 0 Å². The lowest BCUT2D eigenvalue weighted by molar-refractivity contribution is 0.192. The van der Waals surface area contributed by atoms with Crippen molar-refractivity contribution >= 4 is 0 Å². The third-order valence-electron chi connectivity index (χ3n) is 3.22. The van der Waals surface area contributed by atoms with E-state index >= 15 is 0 Å². The Morgan fingerprint density at radius 1 is 1.40 bits per heavy atom. The first-order valence-corrected chi connectivity index (χ1v) is 5.58. The summed E-state index contributed by atoms with van der Waals surface area (Å²) in [6.45, 7) is 2.67. The van der Waals surface area contributed by atoms with E-state index in [0.29, 0.717) is 12.6 Å². The second-order valence-electron chi connectivity index (χ2n) is 4.56. The van der Waals surface area contributed by atoms with Crippen LogP contribution in [0.1, 0.15) is 43.0 Å². The van der Waals surface area contributed by atoms with Crippen molar-refractivity contribution in [1.29, 1.82) is 0 Å². The van der Waals surface area contributed by atoms with Gasteiger partial charge in [-0.15, -0.1) is 10.2 Å². The van der Waals surface area contributed by atoms with E-state index in [1.807, 2.05) is 6.92 Å². The van der Waals surface area contributed by atoms with Crippen molar-refractivity contribution in [2.45, 2.75) is 44.4 Å². The summed E-state index contributed by atoms with van der Waals surface area (Å²) >= 11 is 0. The van der Waals surface area contributed by atoms with Gasteiger partial charge in [0.15, 0.2) is 5.82 Å². The minimum absolute atomic E-state index is 0.182. The molecule has 0 aromatic carbocycles. The van der Waals surface area contributed by atoms with Gasteiger partial charge in [0.25, 0.3) is 0 Å². The molecule has 5 nitrogen and oxygen atoms in total. The maximum atomic E-state index is 9.49. The Morgan fingerprint density at radius 3 is 2.80 bits per heavy atom. The highest BCUT2D eigenvalue weighted by atomic mass is 16.3. The Kier molecular flexibility index (Phi) is 2.03. The van der Waals surface area contributed by atoms with Gasteiger partial charge in [0.1, 0.15) is 5.82 Å². The average molecular weight is 208 g/mol. The van der Waals surface area contributed by atoms with Crippen LogP contribution in [-0.4, -0.2) is 32.5 Å². The van der Waals surface area contributed by atoms with E-state index in [1.54, 1.807) is 0 Å². The molecule has 82 valence electrons. The second kappa shape index (κ2) is 3.28. The van der Waals surface area contributed by atoms with Crippen LogP contribution in [-0.2, 0) is 0 Å². The molecular formula is C10H16N4O.